The van der Waals surface area contributed by atoms with Gasteiger partial charge in [-0.15, -0.1) is 0 Å². The summed E-state index contributed by atoms with van der Waals surface area (Å²) in [6.07, 6.45) is 3.97. The fourth-order valence-electron chi connectivity index (χ4n) is 6.38. The summed E-state index contributed by atoms with van der Waals surface area (Å²) in [6.45, 7) is 14.9. The Balaban J connectivity index is 1.74. The van der Waals surface area contributed by atoms with Gasteiger partial charge in [0.1, 0.15) is 5.69 Å². The number of morpholine rings is 1. The summed E-state index contributed by atoms with van der Waals surface area (Å²) in [5.74, 6) is -1.48. The third kappa shape index (κ3) is 7.19. The van der Waals surface area contributed by atoms with Gasteiger partial charge in [0.2, 0.25) is 11.5 Å². The Hall–Kier alpha value is -4.25. The van der Waals surface area contributed by atoms with Gasteiger partial charge < -0.3 is 18.9 Å². The normalized spacial score (nSPS) is 16.9. The Morgan fingerprint density at radius 1 is 1.00 bits per heavy atom. The van der Waals surface area contributed by atoms with E-state index in [2.05, 4.69) is 60.2 Å². The zero-order chi connectivity index (χ0) is 33.8. The lowest BCUT2D eigenvalue weighted by molar-refractivity contribution is -0.00552. The number of anilines is 1. The van der Waals surface area contributed by atoms with Crippen LogP contribution in [0.25, 0.3) is 0 Å². The molecule has 0 N–H and O–H groups in total. The minimum atomic E-state index is -3.03. The second kappa shape index (κ2) is 14.2. The number of hydrogen-bond acceptors (Lipinski definition) is 8. The first kappa shape index (κ1) is 34.1. The number of benzene rings is 3. The number of carbonyl (C=O) groups is 1. The van der Waals surface area contributed by atoms with E-state index in [0.717, 1.165) is 10.4 Å². The van der Waals surface area contributed by atoms with E-state index in [1.54, 1.807) is 19.9 Å². The number of ether oxygens (including phenoxy) is 1. The highest BCUT2D eigenvalue weighted by molar-refractivity contribution is 6.99. The van der Waals surface area contributed by atoms with E-state index in [4.69, 9.17) is 14.0 Å². The molecule has 1 aliphatic rings. The maximum atomic E-state index is 17.1. The van der Waals surface area contributed by atoms with Crippen LogP contribution in [0.3, 0.4) is 0 Å². The molecule has 8 nitrogen and oxygen atoms in total. The molecule has 0 amide bonds. The maximum absolute atomic E-state index is 17.1. The first-order chi connectivity index (χ1) is 22.4. The predicted molar refractivity (Wildman–Crippen MR) is 186 cm³/mol. The monoisotopic (exact) mass is 654 g/mol. The van der Waals surface area contributed by atoms with Crippen LogP contribution in [-0.2, 0) is 15.8 Å². The van der Waals surface area contributed by atoms with Crippen molar-refractivity contribution in [3.8, 4) is 5.75 Å². The van der Waals surface area contributed by atoms with E-state index in [-0.39, 0.29) is 40.9 Å². The summed E-state index contributed by atoms with van der Waals surface area (Å²) in [4.78, 5) is 29.9. The van der Waals surface area contributed by atoms with Crippen molar-refractivity contribution in [2.75, 3.05) is 18.0 Å². The van der Waals surface area contributed by atoms with Crippen LogP contribution in [0.15, 0.2) is 90.5 Å². The van der Waals surface area contributed by atoms with E-state index in [9.17, 15) is 4.79 Å². The molecule has 1 aliphatic heterocycles. The number of ketones is 1. The lowest BCUT2D eigenvalue weighted by Gasteiger charge is -2.43. The van der Waals surface area contributed by atoms with Crippen molar-refractivity contribution in [3.63, 3.8) is 0 Å². The van der Waals surface area contributed by atoms with Crippen molar-refractivity contribution >= 4 is 35.9 Å². The van der Waals surface area contributed by atoms with E-state index in [0.29, 0.717) is 30.1 Å². The molecule has 4 aromatic rings. The van der Waals surface area contributed by atoms with Crippen LogP contribution in [0.4, 0.5) is 10.1 Å². The van der Waals surface area contributed by atoms with Gasteiger partial charge in [0.05, 0.1) is 42.0 Å². The Morgan fingerprint density at radius 2 is 1.60 bits per heavy atom. The predicted octanol–water partition coefficient (Wildman–Crippen LogP) is 6.31. The highest BCUT2D eigenvalue weighted by Gasteiger charge is 2.50. The molecule has 1 fully saturated rings. The minimum absolute atomic E-state index is 0.00726. The number of hydrogen-bond donors (Lipinski definition) is 0. The number of nitrogens with zero attached hydrogens (tertiary/aromatic N) is 4. The van der Waals surface area contributed by atoms with E-state index in [1.165, 1.54) is 18.6 Å². The second-order valence-corrected chi connectivity index (χ2v) is 17.5. The largest absolute Gasteiger partial charge is 0.403 e. The number of aromatic nitrogens is 2. The molecule has 246 valence electrons. The van der Waals surface area contributed by atoms with Gasteiger partial charge in [0, 0.05) is 31.0 Å². The molecule has 2 heterocycles. The molecule has 1 saturated heterocycles. The molecule has 1 aromatic heterocycles. The van der Waals surface area contributed by atoms with Crippen molar-refractivity contribution < 1.29 is 23.2 Å². The molecule has 47 heavy (non-hydrogen) atoms. The number of oxime groups is 1. The molecule has 2 atom stereocenters. The van der Waals surface area contributed by atoms with E-state index < -0.39 is 19.9 Å². The number of rotatable bonds is 10. The Labute approximate surface area is 277 Å². The summed E-state index contributed by atoms with van der Waals surface area (Å²) in [5.41, 5.74) is 1.45. The Kier molecular flexibility index (Phi) is 10.3. The zero-order valence-electron chi connectivity index (χ0n) is 28.2. The van der Waals surface area contributed by atoms with E-state index >= 15 is 4.39 Å². The van der Waals surface area contributed by atoms with Crippen molar-refractivity contribution in [1.82, 2.24) is 9.97 Å². The van der Waals surface area contributed by atoms with Crippen LogP contribution in [0.5, 0.6) is 5.75 Å². The average molecular weight is 655 g/mol. The smallest absolute Gasteiger partial charge is 0.261 e. The Bertz CT molecular complexity index is 1660. The van der Waals surface area contributed by atoms with E-state index in [1.807, 2.05) is 55.1 Å². The SMILES string of the molecule is CC(C)=NOc1c(C(=O)c2cnccn2)cc(CO[Si](c2ccccc2)(c2ccccc2)C(C)(C)C)c(N2C[C@@H](C)O[C@H](C)C2)c1F. The molecule has 3 aromatic carbocycles. The van der Waals surface area contributed by atoms with Gasteiger partial charge in [-0.05, 0) is 49.2 Å². The van der Waals surface area contributed by atoms with Crippen LogP contribution in [-0.4, -0.2) is 55.1 Å². The lowest BCUT2D eigenvalue weighted by atomic mass is 10.00. The van der Waals surface area contributed by atoms with Crippen LogP contribution >= 0.6 is 0 Å². The van der Waals surface area contributed by atoms with Gasteiger partial charge in [0.25, 0.3) is 8.32 Å². The molecular formula is C37H43FN4O4Si. The first-order valence-electron chi connectivity index (χ1n) is 15.9. The summed E-state index contributed by atoms with van der Waals surface area (Å²) in [6, 6.07) is 22.2. The van der Waals surface area contributed by atoms with Gasteiger partial charge in [-0.25, -0.2) is 9.37 Å². The van der Waals surface area contributed by atoms with Crippen LogP contribution in [0, 0.1) is 5.82 Å². The summed E-state index contributed by atoms with van der Waals surface area (Å²) in [5, 5.41) is 5.93. The summed E-state index contributed by atoms with van der Waals surface area (Å²) >= 11 is 0. The van der Waals surface area contributed by atoms with Crippen molar-refractivity contribution in [2.45, 2.75) is 72.3 Å². The topological polar surface area (TPSA) is 86.1 Å². The highest BCUT2D eigenvalue weighted by atomic mass is 28.4. The van der Waals surface area contributed by atoms with Crippen LogP contribution < -0.4 is 20.1 Å². The fraction of sp³-hybridized carbons (Fsp3) is 0.351. The van der Waals surface area contributed by atoms with Crippen molar-refractivity contribution in [3.05, 3.63) is 108 Å². The average Bonchev–Trinajstić information content (AvgIpc) is 3.04. The van der Waals surface area contributed by atoms with Crippen LogP contribution in [0.1, 0.15) is 70.1 Å². The molecule has 0 unspecified atom stereocenters. The van der Waals surface area contributed by atoms with Crippen molar-refractivity contribution in [2.24, 2.45) is 5.16 Å². The molecule has 0 aliphatic carbocycles. The van der Waals surface area contributed by atoms with Gasteiger partial charge >= 0.3 is 0 Å². The third-order valence-corrected chi connectivity index (χ3v) is 13.2. The van der Waals surface area contributed by atoms with Gasteiger partial charge in [-0.2, -0.15) is 0 Å². The van der Waals surface area contributed by atoms with Gasteiger partial charge in [-0.3, -0.25) is 9.78 Å². The molecule has 0 saturated carbocycles. The highest BCUT2D eigenvalue weighted by Crippen LogP contribution is 2.41. The lowest BCUT2D eigenvalue weighted by Crippen LogP contribution is -2.66. The second-order valence-electron chi connectivity index (χ2n) is 13.2. The molecule has 10 heteroatoms. The van der Waals surface area contributed by atoms with Gasteiger partial charge in [0.15, 0.2) is 5.82 Å². The van der Waals surface area contributed by atoms with Crippen molar-refractivity contribution in [1.29, 1.82) is 0 Å². The number of halogens is 1. The fourth-order valence-corrected chi connectivity index (χ4v) is 10.9. The zero-order valence-corrected chi connectivity index (χ0v) is 29.2. The summed E-state index contributed by atoms with van der Waals surface area (Å²) < 4.78 is 30.4. The number of carbonyl (C=O) groups excluding carboxylic acids is 1. The standard InChI is InChI=1S/C37H43FN4O4Si/c1-25(2)41-46-36-31(35(43)32-21-39-18-19-40-32)20-28(34(33(36)38)42-22-26(3)45-27(4)23-42)24-44-47(37(5,6)7,29-14-10-8-11-15-29)30-16-12-9-13-17-30/h8-21,26-27H,22-24H2,1-7H3/t26-,27-/m1/s1. The first-order valence-corrected chi connectivity index (χ1v) is 17.8. The molecule has 0 radical (unpaired) electrons. The quantitative estimate of drug-likeness (QED) is 0.0858. The molecule has 0 spiro atoms. The van der Waals surface area contributed by atoms with Crippen LogP contribution in [0.2, 0.25) is 5.04 Å². The minimum Gasteiger partial charge on any atom is -0.403 e. The maximum Gasteiger partial charge on any atom is 0.261 e. The summed E-state index contributed by atoms with van der Waals surface area (Å²) in [7, 11) is -3.03. The molecular weight excluding hydrogens is 612 g/mol. The molecule has 5 rings (SSSR count). The van der Waals surface area contributed by atoms with Gasteiger partial charge in [-0.1, -0.05) is 86.6 Å². The molecule has 0 bridgehead atoms. The Morgan fingerprint density at radius 3 is 2.11 bits per heavy atom. The third-order valence-electron chi connectivity index (χ3n) is 8.23.